The molecule has 1 aromatic rings. The number of likely N-dealkylation sites (N-methyl/N-ethyl adjacent to an activating group) is 1. The number of ether oxygens (including phenoxy) is 2. The van der Waals surface area contributed by atoms with Crippen LogP contribution in [0.4, 0.5) is 4.79 Å². The van der Waals surface area contributed by atoms with Gasteiger partial charge in [0.05, 0.1) is 13.2 Å². The Morgan fingerprint density at radius 2 is 2.04 bits per heavy atom. The van der Waals surface area contributed by atoms with Crippen molar-refractivity contribution in [3.8, 4) is 5.75 Å². The van der Waals surface area contributed by atoms with Crippen LogP contribution in [-0.4, -0.2) is 75.4 Å². The molecule has 1 aliphatic rings. The molecule has 1 atom stereocenters. The van der Waals surface area contributed by atoms with E-state index in [0.29, 0.717) is 26.3 Å². The first-order valence-electron chi connectivity index (χ1n) is 8.10. The van der Waals surface area contributed by atoms with E-state index in [1.165, 1.54) is 0 Å². The van der Waals surface area contributed by atoms with Gasteiger partial charge in [0.25, 0.3) is 0 Å². The molecule has 23 heavy (non-hydrogen) atoms. The number of nitrogens with zero attached hydrogens (tertiary/aromatic N) is 2. The fraction of sp³-hybridized carbons (Fsp3) is 0.588. The van der Waals surface area contributed by atoms with Crippen LogP contribution in [0.25, 0.3) is 0 Å². The van der Waals surface area contributed by atoms with Crippen molar-refractivity contribution in [1.29, 1.82) is 0 Å². The van der Waals surface area contributed by atoms with Crippen molar-refractivity contribution in [3.63, 3.8) is 0 Å². The Hall–Kier alpha value is -1.79. The Labute approximate surface area is 138 Å². The zero-order chi connectivity index (χ0) is 16.5. The summed E-state index contributed by atoms with van der Waals surface area (Å²) in [6.07, 6.45) is 1.00. The first kappa shape index (κ1) is 17.6. The average molecular weight is 321 g/mol. The van der Waals surface area contributed by atoms with Gasteiger partial charge in [0.15, 0.2) is 0 Å². The molecule has 0 radical (unpaired) electrons. The van der Waals surface area contributed by atoms with Gasteiger partial charge in [-0.1, -0.05) is 18.2 Å². The highest BCUT2D eigenvalue weighted by molar-refractivity contribution is 5.74. The van der Waals surface area contributed by atoms with Gasteiger partial charge >= 0.3 is 6.03 Å². The number of nitrogens with one attached hydrogen (secondary N) is 1. The minimum atomic E-state index is -0.0426. The molecule has 0 unspecified atom stereocenters. The lowest BCUT2D eigenvalue weighted by Gasteiger charge is -2.25. The minimum Gasteiger partial charge on any atom is -0.492 e. The number of hydrogen-bond donors (Lipinski definition) is 1. The van der Waals surface area contributed by atoms with Crippen LogP contribution in [0.15, 0.2) is 30.3 Å². The molecule has 1 N–H and O–H groups in total. The molecule has 2 rings (SSSR count). The highest BCUT2D eigenvalue weighted by atomic mass is 16.5. The maximum absolute atomic E-state index is 12.4. The van der Waals surface area contributed by atoms with Crippen molar-refractivity contribution >= 4 is 6.03 Å². The topological polar surface area (TPSA) is 54.0 Å². The van der Waals surface area contributed by atoms with E-state index in [1.54, 1.807) is 12.0 Å². The Bertz CT molecular complexity index is 469. The van der Waals surface area contributed by atoms with Gasteiger partial charge in [0, 0.05) is 26.2 Å². The SMILES string of the molecule is COCCN(CCOc1ccccc1)C(=O)N[C@H]1CCN(C)C1. The van der Waals surface area contributed by atoms with Crippen LogP contribution in [0.1, 0.15) is 6.42 Å². The van der Waals surface area contributed by atoms with Gasteiger partial charge in [-0.25, -0.2) is 4.79 Å². The molecule has 2 amide bonds. The number of likely N-dealkylation sites (tertiary alicyclic amines) is 1. The van der Waals surface area contributed by atoms with Crippen molar-refractivity contribution in [3.05, 3.63) is 30.3 Å². The summed E-state index contributed by atoms with van der Waals surface area (Å²) in [7, 11) is 3.71. The Balaban J connectivity index is 1.79. The van der Waals surface area contributed by atoms with Gasteiger partial charge in [-0.05, 0) is 32.1 Å². The smallest absolute Gasteiger partial charge is 0.317 e. The van der Waals surface area contributed by atoms with Crippen LogP contribution in [0.2, 0.25) is 0 Å². The monoisotopic (exact) mass is 321 g/mol. The van der Waals surface area contributed by atoms with E-state index >= 15 is 0 Å². The minimum absolute atomic E-state index is 0.0426. The van der Waals surface area contributed by atoms with Crippen LogP contribution in [0.5, 0.6) is 5.75 Å². The summed E-state index contributed by atoms with van der Waals surface area (Å²) in [6, 6.07) is 9.82. The van der Waals surface area contributed by atoms with Gasteiger partial charge in [-0.15, -0.1) is 0 Å². The molecule has 0 aromatic heterocycles. The molecule has 0 bridgehead atoms. The van der Waals surface area contributed by atoms with Gasteiger partial charge in [0.2, 0.25) is 0 Å². The average Bonchev–Trinajstić information content (AvgIpc) is 2.96. The van der Waals surface area contributed by atoms with Gasteiger partial charge in [-0.3, -0.25) is 0 Å². The van der Waals surface area contributed by atoms with E-state index in [1.807, 2.05) is 30.3 Å². The summed E-state index contributed by atoms with van der Waals surface area (Å²) < 4.78 is 10.8. The molecule has 0 aliphatic carbocycles. The molecule has 128 valence electrons. The molecule has 0 spiro atoms. The number of para-hydroxylation sites is 1. The Morgan fingerprint density at radius 1 is 1.30 bits per heavy atom. The standard InChI is InChI=1S/C17H27N3O3/c1-19-9-8-15(14-19)18-17(21)20(10-12-22-2)11-13-23-16-6-4-3-5-7-16/h3-7,15H,8-14H2,1-2H3,(H,18,21)/t15-/m0/s1. The second kappa shape index (κ2) is 9.37. The van der Waals surface area contributed by atoms with E-state index in [0.717, 1.165) is 25.3 Å². The fourth-order valence-electron chi connectivity index (χ4n) is 2.63. The third-order valence-electron chi connectivity index (χ3n) is 3.94. The number of rotatable bonds is 8. The predicted octanol–water partition coefficient (Wildman–Crippen LogP) is 1.43. The second-order valence-corrected chi connectivity index (χ2v) is 5.84. The summed E-state index contributed by atoms with van der Waals surface area (Å²) in [5.41, 5.74) is 0. The lowest BCUT2D eigenvalue weighted by Crippen LogP contribution is -2.48. The highest BCUT2D eigenvalue weighted by Crippen LogP contribution is 2.09. The maximum atomic E-state index is 12.4. The summed E-state index contributed by atoms with van der Waals surface area (Å²) in [5.74, 6) is 0.817. The number of amides is 2. The Kier molecular flexibility index (Phi) is 7.16. The number of urea groups is 1. The van der Waals surface area contributed by atoms with Crippen LogP contribution in [-0.2, 0) is 4.74 Å². The van der Waals surface area contributed by atoms with Crippen LogP contribution in [0, 0.1) is 0 Å². The summed E-state index contributed by atoms with van der Waals surface area (Å²) >= 11 is 0. The van der Waals surface area contributed by atoms with Gasteiger partial charge < -0.3 is 24.6 Å². The van der Waals surface area contributed by atoms with E-state index in [4.69, 9.17) is 9.47 Å². The molecule has 1 heterocycles. The number of methoxy groups -OCH3 is 1. The molecule has 6 nitrogen and oxygen atoms in total. The van der Waals surface area contributed by atoms with E-state index in [9.17, 15) is 4.79 Å². The lowest BCUT2D eigenvalue weighted by atomic mass is 10.3. The summed E-state index contributed by atoms with van der Waals surface area (Å²) in [6.45, 7) is 4.01. The molecule has 1 saturated heterocycles. The zero-order valence-electron chi connectivity index (χ0n) is 14.0. The number of carbonyl (C=O) groups excluding carboxylic acids is 1. The fourth-order valence-corrected chi connectivity index (χ4v) is 2.63. The number of benzene rings is 1. The molecule has 0 saturated carbocycles. The lowest BCUT2D eigenvalue weighted by molar-refractivity contribution is 0.138. The normalized spacial score (nSPS) is 17.9. The van der Waals surface area contributed by atoms with Crippen molar-refractivity contribution < 1.29 is 14.3 Å². The summed E-state index contributed by atoms with van der Waals surface area (Å²) in [4.78, 5) is 16.4. The molecular formula is C17H27N3O3. The second-order valence-electron chi connectivity index (χ2n) is 5.84. The first-order chi connectivity index (χ1) is 11.2. The van der Waals surface area contributed by atoms with Crippen molar-refractivity contribution in [2.45, 2.75) is 12.5 Å². The molecule has 6 heteroatoms. The van der Waals surface area contributed by atoms with Crippen LogP contribution in [0.3, 0.4) is 0 Å². The maximum Gasteiger partial charge on any atom is 0.317 e. The Morgan fingerprint density at radius 3 is 2.70 bits per heavy atom. The van der Waals surface area contributed by atoms with E-state index < -0.39 is 0 Å². The van der Waals surface area contributed by atoms with Crippen LogP contribution < -0.4 is 10.1 Å². The highest BCUT2D eigenvalue weighted by Gasteiger charge is 2.23. The predicted molar refractivity (Wildman–Crippen MR) is 89.8 cm³/mol. The number of carbonyl (C=O) groups is 1. The first-order valence-corrected chi connectivity index (χ1v) is 8.10. The van der Waals surface area contributed by atoms with Gasteiger partial charge in [-0.2, -0.15) is 0 Å². The van der Waals surface area contributed by atoms with Crippen LogP contribution >= 0.6 is 0 Å². The quantitative estimate of drug-likeness (QED) is 0.787. The molecule has 1 fully saturated rings. The van der Waals surface area contributed by atoms with Crippen molar-refractivity contribution in [1.82, 2.24) is 15.1 Å². The van der Waals surface area contributed by atoms with Crippen molar-refractivity contribution in [2.75, 3.05) is 53.6 Å². The molecule has 1 aromatic carbocycles. The number of hydrogen-bond acceptors (Lipinski definition) is 4. The van der Waals surface area contributed by atoms with Gasteiger partial charge in [0.1, 0.15) is 12.4 Å². The third-order valence-corrected chi connectivity index (χ3v) is 3.94. The largest absolute Gasteiger partial charge is 0.492 e. The van der Waals surface area contributed by atoms with E-state index in [2.05, 4.69) is 17.3 Å². The molecular weight excluding hydrogens is 294 g/mol. The third kappa shape index (κ3) is 6.08. The van der Waals surface area contributed by atoms with E-state index in [-0.39, 0.29) is 12.1 Å². The summed E-state index contributed by atoms with van der Waals surface area (Å²) in [5, 5.41) is 3.10. The molecule has 1 aliphatic heterocycles. The van der Waals surface area contributed by atoms with Crippen molar-refractivity contribution in [2.24, 2.45) is 0 Å². The zero-order valence-corrected chi connectivity index (χ0v) is 14.0.